The van der Waals surface area contributed by atoms with Gasteiger partial charge in [-0.1, -0.05) is 13.8 Å². The van der Waals surface area contributed by atoms with Crippen LogP contribution in [0.1, 0.15) is 111 Å². The molecule has 0 unspecified atom stereocenters. The number of hydrogen-bond acceptors (Lipinski definition) is 6. The van der Waals surface area contributed by atoms with E-state index in [-0.39, 0.29) is 54.8 Å². The number of aryl methyl sites for hydroxylation is 1. The van der Waals surface area contributed by atoms with Gasteiger partial charge < -0.3 is 30.3 Å². The summed E-state index contributed by atoms with van der Waals surface area (Å²) in [4.78, 5) is 55.3. The Kier molecular flexibility index (Phi) is 15.8. The number of amides is 4. The van der Waals surface area contributed by atoms with Crippen LogP contribution in [-0.4, -0.2) is 89.2 Å². The number of aliphatic hydroxyl groups excluding tert-OH is 1. The van der Waals surface area contributed by atoms with Crippen LogP contribution in [0.25, 0.3) is 0 Å². The molecule has 0 aliphatic carbocycles. The molecule has 2 atom stereocenters. The number of piperidine rings is 1. The Morgan fingerprint density at radius 3 is 2.16 bits per heavy atom. The number of aliphatic hydroxyl groups is 1. The number of nitrogens with zero attached hydrogens (tertiary/aromatic N) is 2. The van der Waals surface area contributed by atoms with Gasteiger partial charge in [0.1, 0.15) is 17.2 Å². The van der Waals surface area contributed by atoms with Crippen molar-refractivity contribution in [1.82, 2.24) is 20.4 Å². The van der Waals surface area contributed by atoms with Gasteiger partial charge in [0.25, 0.3) is 11.8 Å². The first-order valence-corrected chi connectivity index (χ1v) is 18.2. The molecule has 282 valence electrons. The number of ether oxygens (including phenoxy) is 1. The summed E-state index contributed by atoms with van der Waals surface area (Å²) in [5, 5.41) is 16.9. The van der Waals surface area contributed by atoms with Crippen LogP contribution >= 0.6 is 0 Å². The lowest BCUT2D eigenvalue weighted by molar-refractivity contribution is -0.121. The molecule has 1 aliphatic heterocycles. The fourth-order valence-electron chi connectivity index (χ4n) is 6.31. The molecule has 2 aromatic carbocycles. The van der Waals surface area contributed by atoms with Gasteiger partial charge in [-0.3, -0.25) is 14.4 Å². The third kappa shape index (κ3) is 13.9. The maximum atomic E-state index is 14.1. The van der Waals surface area contributed by atoms with Crippen molar-refractivity contribution < 1.29 is 37.8 Å². The number of rotatable bonds is 16. The summed E-state index contributed by atoms with van der Waals surface area (Å²) < 4.78 is 33.6. The third-order valence-corrected chi connectivity index (χ3v) is 8.83. The summed E-state index contributed by atoms with van der Waals surface area (Å²) in [7, 11) is 0. The Bertz CT molecular complexity index is 1460. The van der Waals surface area contributed by atoms with Gasteiger partial charge >= 0.3 is 6.09 Å². The van der Waals surface area contributed by atoms with Gasteiger partial charge in [-0.25, -0.2) is 13.6 Å². The maximum Gasteiger partial charge on any atom is 0.410 e. The zero-order valence-electron chi connectivity index (χ0n) is 31.0. The Labute approximate surface area is 301 Å². The van der Waals surface area contributed by atoms with E-state index in [4.69, 9.17) is 4.74 Å². The Morgan fingerprint density at radius 1 is 0.961 bits per heavy atom. The van der Waals surface area contributed by atoms with Gasteiger partial charge in [-0.2, -0.15) is 0 Å². The number of hydrogen-bond donors (Lipinski definition) is 3. The normalized spacial score (nSPS) is 14.8. The molecule has 4 amide bonds. The van der Waals surface area contributed by atoms with Gasteiger partial charge in [0.2, 0.25) is 5.91 Å². The van der Waals surface area contributed by atoms with E-state index in [9.17, 15) is 33.1 Å². The van der Waals surface area contributed by atoms with E-state index < -0.39 is 35.3 Å². The first kappa shape index (κ1) is 41.4. The summed E-state index contributed by atoms with van der Waals surface area (Å²) in [5.41, 5.74) is 0.995. The van der Waals surface area contributed by atoms with Crippen molar-refractivity contribution in [3.63, 3.8) is 0 Å². The highest BCUT2D eigenvalue weighted by Crippen LogP contribution is 2.23. The monoisotopic (exact) mass is 714 g/mol. The highest BCUT2D eigenvalue weighted by Gasteiger charge is 2.28. The van der Waals surface area contributed by atoms with E-state index in [0.29, 0.717) is 49.6 Å². The standard InChI is InChI=1S/C39H56F2N4O6/c1-7-15-44(16-8-2)37(49)30-20-26(3)19-29(24-30)36(48)43-33(23-28-21-31(40)25-32(41)22-28)34(46)11-14-42-35(47)10-9-27-12-17-45(18-13-27)38(50)51-39(4,5)6/h19-22,24-25,27,33-34,46H,7-18,23H2,1-6H3,(H,42,47)(H,43,48)/t33-,34-/m0/s1. The molecule has 0 bridgehead atoms. The molecule has 51 heavy (non-hydrogen) atoms. The third-order valence-electron chi connectivity index (χ3n) is 8.83. The summed E-state index contributed by atoms with van der Waals surface area (Å²) in [5.74, 6) is -2.17. The van der Waals surface area contributed by atoms with Crippen LogP contribution in [0.3, 0.4) is 0 Å². The molecule has 1 aliphatic rings. The maximum absolute atomic E-state index is 14.1. The summed E-state index contributed by atoms with van der Waals surface area (Å²) in [6.07, 6.45) is 2.60. The quantitative estimate of drug-likeness (QED) is 0.191. The topological polar surface area (TPSA) is 128 Å². The Balaban J connectivity index is 1.61. The summed E-state index contributed by atoms with van der Waals surface area (Å²) in [6.45, 7) is 13.7. The second kappa shape index (κ2) is 19.5. The molecular formula is C39H56F2N4O6. The molecule has 1 heterocycles. The smallest absolute Gasteiger partial charge is 0.410 e. The average Bonchev–Trinajstić information content (AvgIpc) is 3.05. The van der Waals surface area contributed by atoms with Gasteiger partial charge in [0.15, 0.2) is 0 Å². The highest BCUT2D eigenvalue weighted by atomic mass is 19.1. The largest absolute Gasteiger partial charge is 0.444 e. The first-order chi connectivity index (χ1) is 24.1. The molecule has 2 aromatic rings. The van der Waals surface area contributed by atoms with Crippen LogP contribution in [-0.2, 0) is 16.0 Å². The second-order valence-corrected chi connectivity index (χ2v) is 14.6. The van der Waals surface area contributed by atoms with Crippen LogP contribution in [0.15, 0.2) is 36.4 Å². The Morgan fingerprint density at radius 2 is 1.57 bits per heavy atom. The van der Waals surface area contributed by atoms with Crippen molar-refractivity contribution in [3.8, 4) is 0 Å². The minimum absolute atomic E-state index is 0.0727. The molecule has 1 saturated heterocycles. The summed E-state index contributed by atoms with van der Waals surface area (Å²) in [6, 6.07) is 6.98. The van der Waals surface area contributed by atoms with E-state index >= 15 is 0 Å². The lowest BCUT2D eigenvalue weighted by atomic mass is 9.92. The van der Waals surface area contributed by atoms with Gasteiger partial charge in [0, 0.05) is 56.3 Å². The van der Waals surface area contributed by atoms with Crippen molar-refractivity contribution in [3.05, 3.63) is 70.3 Å². The molecule has 0 saturated carbocycles. The second-order valence-electron chi connectivity index (χ2n) is 14.6. The lowest BCUT2D eigenvalue weighted by Crippen LogP contribution is -2.46. The molecule has 10 nitrogen and oxygen atoms in total. The van der Waals surface area contributed by atoms with E-state index in [1.165, 1.54) is 6.07 Å². The summed E-state index contributed by atoms with van der Waals surface area (Å²) >= 11 is 0. The molecule has 3 rings (SSSR count). The van der Waals surface area contributed by atoms with Crippen molar-refractivity contribution in [2.75, 3.05) is 32.7 Å². The Hall–Kier alpha value is -4.06. The number of likely N-dealkylation sites (tertiary alicyclic amines) is 1. The van der Waals surface area contributed by atoms with Gasteiger partial charge in [-0.05, 0) is 120 Å². The van der Waals surface area contributed by atoms with Crippen molar-refractivity contribution in [2.24, 2.45) is 5.92 Å². The number of halogens is 2. The molecular weight excluding hydrogens is 658 g/mol. The molecule has 3 N–H and O–H groups in total. The number of carbonyl (C=O) groups is 4. The van der Waals surface area contributed by atoms with Crippen LogP contribution < -0.4 is 10.6 Å². The molecule has 0 spiro atoms. The van der Waals surface area contributed by atoms with E-state index in [1.807, 2.05) is 34.6 Å². The van der Waals surface area contributed by atoms with E-state index in [1.54, 1.807) is 28.9 Å². The fraction of sp³-hybridized carbons (Fsp3) is 0.590. The predicted octanol–water partition coefficient (Wildman–Crippen LogP) is 6.17. The minimum Gasteiger partial charge on any atom is -0.444 e. The number of benzene rings is 2. The molecule has 1 fully saturated rings. The van der Waals surface area contributed by atoms with Crippen molar-refractivity contribution in [2.45, 2.75) is 111 Å². The number of carbonyl (C=O) groups excluding carboxylic acids is 4. The van der Waals surface area contributed by atoms with E-state index in [0.717, 1.165) is 43.9 Å². The molecule has 0 radical (unpaired) electrons. The van der Waals surface area contributed by atoms with Crippen molar-refractivity contribution >= 4 is 23.8 Å². The zero-order chi connectivity index (χ0) is 37.7. The van der Waals surface area contributed by atoms with Crippen molar-refractivity contribution in [1.29, 1.82) is 0 Å². The lowest BCUT2D eigenvalue weighted by Gasteiger charge is -2.33. The zero-order valence-corrected chi connectivity index (χ0v) is 31.0. The van der Waals surface area contributed by atoms with E-state index in [2.05, 4.69) is 10.6 Å². The predicted molar refractivity (Wildman–Crippen MR) is 192 cm³/mol. The van der Waals surface area contributed by atoms with Crippen LogP contribution in [0.5, 0.6) is 0 Å². The average molecular weight is 715 g/mol. The molecule has 0 aromatic heterocycles. The first-order valence-electron chi connectivity index (χ1n) is 18.2. The molecule has 12 heteroatoms. The van der Waals surface area contributed by atoms with Crippen LogP contribution in [0.2, 0.25) is 0 Å². The highest BCUT2D eigenvalue weighted by molar-refractivity contribution is 6.00. The SMILES string of the molecule is CCCN(CCC)C(=O)c1cc(C)cc(C(=O)N[C@@H](Cc2cc(F)cc(F)c2)[C@@H](O)CCNC(=O)CCC2CCN(C(=O)OC(C)(C)C)CC2)c1. The minimum atomic E-state index is -1.17. The fourth-order valence-corrected chi connectivity index (χ4v) is 6.31. The van der Waals surface area contributed by atoms with Gasteiger partial charge in [-0.15, -0.1) is 0 Å². The number of nitrogens with one attached hydrogen (secondary N) is 2. The van der Waals surface area contributed by atoms with Gasteiger partial charge in [0.05, 0.1) is 12.1 Å². The van der Waals surface area contributed by atoms with Crippen LogP contribution in [0.4, 0.5) is 13.6 Å². The van der Waals surface area contributed by atoms with Crippen LogP contribution in [0, 0.1) is 24.5 Å².